The van der Waals surface area contributed by atoms with Crippen LogP contribution in [-0.2, 0) is 0 Å². The van der Waals surface area contributed by atoms with Crippen molar-refractivity contribution in [1.29, 1.82) is 0 Å². The molecule has 11 heavy (non-hydrogen) atoms. The lowest BCUT2D eigenvalue weighted by Crippen LogP contribution is -2.26. The van der Waals surface area contributed by atoms with Gasteiger partial charge in [-0.1, -0.05) is 32.6 Å². The van der Waals surface area contributed by atoms with Gasteiger partial charge >= 0.3 is 0 Å². The van der Waals surface area contributed by atoms with Crippen molar-refractivity contribution < 1.29 is 0 Å². The first-order valence-corrected chi connectivity index (χ1v) is 5.21. The largest absolute Gasteiger partial charge is 0.264 e. The highest BCUT2D eigenvalue weighted by molar-refractivity contribution is 7.78. The third-order valence-corrected chi connectivity index (χ3v) is 3.09. The van der Waals surface area contributed by atoms with Gasteiger partial charge in [0.15, 0.2) is 0 Å². The minimum atomic E-state index is 0.687. The second-order valence-electron chi connectivity index (χ2n) is 3.64. The van der Waals surface area contributed by atoms with Crippen molar-refractivity contribution in [2.45, 2.75) is 51.5 Å². The van der Waals surface area contributed by atoms with Crippen molar-refractivity contribution in [1.82, 2.24) is 4.72 Å². The zero-order valence-electron chi connectivity index (χ0n) is 7.34. The van der Waals surface area contributed by atoms with Gasteiger partial charge in [-0.15, -0.1) is 0 Å². The summed E-state index contributed by atoms with van der Waals surface area (Å²) in [6.07, 6.45) is 8.25. The molecule has 2 heteroatoms. The molecule has 1 N–H and O–H groups in total. The molecule has 1 aliphatic carbocycles. The summed E-state index contributed by atoms with van der Waals surface area (Å²) in [6, 6.07) is 0.687. The van der Waals surface area contributed by atoms with E-state index in [1.807, 2.05) is 0 Å². The molecule has 0 bridgehead atoms. The second-order valence-corrected chi connectivity index (χ2v) is 3.89. The molecule has 0 aliphatic heterocycles. The fraction of sp³-hybridized carbons (Fsp3) is 1.00. The first kappa shape index (κ1) is 9.40. The molecule has 1 rings (SSSR count). The lowest BCUT2D eigenvalue weighted by molar-refractivity contribution is 0.301. The SMILES string of the molecule is CCCC1CCC(NS)CC1. The molecule has 0 aromatic carbocycles. The predicted molar refractivity (Wildman–Crippen MR) is 52.8 cm³/mol. The number of hydrogen-bond donors (Lipinski definition) is 2. The average Bonchev–Trinajstić information content (AvgIpc) is 2.07. The monoisotopic (exact) mass is 173 g/mol. The summed E-state index contributed by atoms with van der Waals surface area (Å²) in [4.78, 5) is 0. The molecule has 0 amide bonds. The molecule has 1 fully saturated rings. The van der Waals surface area contributed by atoms with Gasteiger partial charge in [0.1, 0.15) is 0 Å². The Hall–Kier alpha value is 0.310. The molecule has 0 saturated heterocycles. The molecule has 0 radical (unpaired) electrons. The van der Waals surface area contributed by atoms with E-state index in [4.69, 9.17) is 0 Å². The topological polar surface area (TPSA) is 12.0 Å². The maximum absolute atomic E-state index is 4.10. The summed E-state index contributed by atoms with van der Waals surface area (Å²) in [5.74, 6) is 1.01. The average molecular weight is 173 g/mol. The Morgan fingerprint density at radius 2 is 1.91 bits per heavy atom. The van der Waals surface area contributed by atoms with Gasteiger partial charge in [0.25, 0.3) is 0 Å². The van der Waals surface area contributed by atoms with E-state index in [1.54, 1.807) is 0 Å². The van der Waals surface area contributed by atoms with Gasteiger partial charge in [-0.2, -0.15) is 0 Å². The van der Waals surface area contributed by atoms with Crippen LogP contribution in [0, 0.1) is 5.92 Å². The van der Waals surface area contributed by atoms with Gasteiger partial charge < -0.3 is 0 Å². The third-order valence-electron chi connectivity index (χ3n) is 2.73. The van der Waals surface area contributed by atoms with Gasteiger partial charge in [0.05, 0.1) is 0 Å². The van der Waals surface area contributed by atoms with Crippen LogP contribution in [-0.4, -0.2) is 6.04 Å². The lowest BCUT2D eigenvalue weighted by atomic mass is 9.84. The number of rotatable bonds is 3. The van der Waals surface area contributed by atoms with E-state index in [9.17, 15) is 0 Å². The lowest BCUT2D eigenvalue weighted by Gasteiger charge is -2.27. The normalized spacial score (nSPS) is 32.2. The Balaban J connectivity index is 2.14. The minimum Gasteiger partial charge on any atom is -0.264 e. The molecule has 1 nitrogen and oxygen atoms in total. The molecule has 0 heterocycles. The smallest absolute Gasteiger partial charge is 0.0169 e. The highest BCUT2D eigenvalue weighted by atomic mass is 32.1. The summed E-state index contributed by atoms with van der Waals surface area (Å²) in [5, 5.41) is 0. The van der Waals surface area contributed by atoms with E-state index in [0.717, 1.165) is 5.92 Å². The number of thiol groups is 1. The van der Waals surface area contributed by atoms with E-state index in [2.05, 4.69) is 24.5 Å². The van der Waals surface area contributed by atoms with Crippen LogP contribution in [0.15, 0.2) is 0 Å². The quantitative estimate of drug-likeness (QED) is 0.625. The van der Waals surface area contributed by atoms with Crippen molar-refractivity contribution in [2.24, 2.45) is 5.92 Å². The van der Waals surface area contributed by atoms with Crippen LogP contribution in [0.1, 0.15) is 45.4 Å². The van der Waals surface area contributed by atoms with Crippen molar-refractivity contribution in [3.63, 3.8) is 0 Å². The molecule has 1 saturated carbocycles. The third kappa shape index (κ3) is 3.04. The van der Waals surface area contributed by atoms with Gasteiger partial charge in [-0.3, -0.25) is 4.72 Å². The van der Waals surface area contributed by atoms with E-state index >= 15 is 0 Å². The first-order chi connectivity index (χ1) is 5.36. The molecule has 0 aromatic rings. The summed E-state index contributed by atoms with van der Waals surface area (Å²) in [5.41, 5.74) is 0. The molecule has 0 aromatic heterocycles. The van der Waals surface area contributed by atoms with Gasteiger partial charge in [0.2, 0.25) is 0 Å². The highest BCUT2D eigenvalue weighted by Crippen LogP contribution is 2.27. The minimum absolute atomic E-state index is 0.687. The molecule has 1 aliphatic rings. The molecule has 0 spiro atoms. The van der Waals surface area contributed by atoms with Crippen LogP contribution in [0.4, 0.5) is 0 Å². The summed E-state index contributed by atoms with van der Waals surface area (Å²) in [6.45, 7) is 2.28. The first-order valence-electron chi connectivity index (χ1n) is 4.76. The van der Waals surface area contributed by atoms with Crippen LogP contribution in [0.3, 0.4) is 0 Å². The molecular weight excluding hydrogens is 154 g/mol. The van der Waals surface area contributed by atoms with Crippen molar-refractivity contribution in [3.8, 4) is 0 Å². The van der Waals surface area contributed by atoms with Crippen LogP contribution in [0.25, 0.3) is 0 Å². The maximum Gasteiger partial charge on any atom is 0.0169 e. The Morgan fingerprint density at radius 3 is 2.36 bits per heavy atom. The fourth-order valence-electron chi connectivity index (χ4n) is 1.99. The van der Waals surface area contributed by atoms with Crippen LogP contribution in [0.5, 0.6) is 0 Å². The van der Waals surface area contributed by atoms with Crippen LogP contribution < -0.4 is 4.72 Å². The van der Waals surface area contributed by atoms with E-state index in [0.29, 0.717) is 6.04 Å². The van der Waals surface area contributed by atoms with E-state index < -0.39 is 0 Å². The number of nitrogens with one attached hydrogen (secondary N) is 1. The Bertz CT molecular complexity index is 97.7. The molecule has 66 valence electrons. The van der Waals surface area contributed by atoms with Crippen molar-refractivity contribution in [3.05, 3.63) is 0 Å². The van der Waals surface area contributed by atoms with E-state index in [1.165, 1.54) is 38.5 Å². The second kappa shape index (κ2) is 5.04. The van der Waals surface area contributed by atoms with Crippen LogP contribution >= 0.6 is 12.8 Å². The predicted octanol–water partition coefficient (Wildman–Crippen LogP) is 2.78. The Morgan fingerprint density at radius 1 is 1.27 bits per heavy atom. The van der Waals surface area contributed by atoms with Crippen LogP contribution in [0.2, 0.25) is 0 Å². The summed E-state index contributed by atoms with van der Waals surface area (Å²) in [7, 11) is 0. The van der Waals surface area contributed by atoms with Crippen molar-refractivity contribution >= 4 is 12.8 Å². The zero-order chi connectivity index (χ0) is 8.10. The van der Waals surface area contributed by atoms with Gasteiger partial charge in [0, 0.05) is 6.04 Å². The van der Waals surface area contributed by atoms with E-state index in [-0.39, 0.29) is 0 Å². The molecule has 0 atom stereocenters. The standard InChI is InChI=1S/C9H19NS/c1-2-3-8-4-6-9(10-11)7-5-8/h8-11H,2-7H2,1H3. The molecular formula is C9H19NS. The number of hydrogen-bond acceptors (Lipinski definition) is 2. The van der Waals surface area contributed by atoms with Gasteiger partial charge in [-0.05, 0) is 31.6 Å². The Labute approximate surface area is 75.5 Å². The fourth-order valence-corrected chi connectivity index (χ4v) is 2.25. The summed E-state index contributed by atoms with van der Waals surface area (Å²) >= 11 is 4.10. The van der Waals surface area contributed by atoms with Crippen molar-refractivity contribution in [2.75, 3.05) is 0 Å². The van der Waals surface area contributed by atoms with Gasteiger partial charge in [-0.25, -0.2) is 0 Å². The highest BCUT2D eigenvalue weighted by Gasteiger charge is 2.18. The molecule has 0 unspecified atom stereocenters. The maximum atomic E-state index is 4.10. The summed E-state index contributed by atoms with van der Waals surface area (Å²) < 4.78 is 3.06. The Kier molecular flexibility index (Phi) is 4.31. The zero-order valence-corrected chi connectivity index (χ0v) is 8.24.